The molecule has 0 aromatic carbocycles. The zero-order valence-electron chi connectivity index (χ0n) is 8.04. The number of aromatic nitrogens is 8. The van der Waals surface area contributed by atoms with Crippen molar-refractivity contribution in [3.63, 3.8) is 0 Å². The van der Waals surface area contributed by atoms with Crippen molar-refractivity contribution in [1.82, 2.24) is 39.7 Å². The molecule has 3 aromatic rings. The van der Waals surface area contributed by atoms with E-state index in [1.54, 1.807) is 24.8 Å². The molecule has 0 fully saturated rings. The molecule has 0 aliphatic carbocycles. The zero-order chi connectivity index (χ0) is 10.8. The van der Waals surface area contributed by atoms with E-state index in [9.17, 15) is 0 Å². The molecule has 0 saturated heterocycles. The quantitative estimate of drug-likeness (QED) is 0.578. The second-order valence-electron chi connectivity index (χ2n) is 2.93. The van der Waals surface area contributed by atoms with E-state index in [4.69, 9.17) is 0 Å². The van der Waals surface area contributed by atoms with Crippen LogP contribution in [-0.4, -0.2) is 39.7 Å². The molecule has 0 bridgehead atoms. The van der Waals surface area contributed by atoms with Crippen LogP contribution >= 0.6 is 0 Å². The predicted molar refractivity (Wildman–Crippen MR) is 51.9 cm³/mol. The van der Waals surface area contributed by atoms with E-state index in [0.717, 1.165) is 0 Å². The first kappa shape index (κ1) is 8.65. The lowest BCUT2D eigenvalue weighted by Crippen LogP contribution is -2.04. The van der Waals surface area contributed by atoms with E-state index >= 15 is 0 Å². The molecule has 8 nitrogen and oxygen atoms in total. The van der Waals surface area contributed by atoms with E-state index in [2.05, 4.69) is 30.4 Å². The average molecular weight is 214 g/mol. The summed E-state index contributed by atoms with van der Waals surface area (Å²) in [5, 5.41) is 15.9. The number of nitrogens with zero attached hydrogens (tertiary/aromatic N) is 8. The van der Waals surface area contributed by atoms with Gasteiger partial charge in [-0.1, -0.05) is 0 Å². The predicted octanol–water partition coefficient (Wildman–Crippen LogP) is -0.362. The molecule has 8 heteroatoms. The third-order valence-electron chi connectivity index (χ3n) is 1.94. The Labute approximate surface area is 89.6 Å². The molecule has 0 spiro atoms. The van der Waals surface area contributed by atoms with Crippen molar-refractivity contribution in [3.05, 3.63) is 37.4 Å². The van der Waals surface area contributed by atoms with E-state index in [1.165, 1.54) is 22.0 Å². The van der Waals surface area contributed by atoms with Crippen molar-refractivity contribution in [1.29, 1.82) is 0 Å². The van der Waals surface area contributed by atoms with E-state index in [-0.39, 0.29) is 0 Å². The van der Waals surface area contributed by atoms with Crippen molar-refractivity contribution in [2.45, 2.75) is 0 Å². The van der Waals surface area contributed by atoms with Crippen LogP contribution in [0.15, 0.2) is 37.4 Å². The molecule has 3 rings (SSSR count). The fraction of sp³-hybridized carbons (Fsp3) is 0. The minimum atomic E-state index is 0.598. The largest absolute Gasteiger partial charge is 0.223 e. The van der Waals surface area contributed by atoms with Crippen LogP contribution in [0.1, 0.15) is 0 Å². The van der Waals surface area contributed by atoms with Crippen LogP contribution in [0.3, 0.4) is 0 Å². The maximum absolute atomic E-state index is 4.00. The van der Waals surface area contributed by atoms with Crippen LogP contribution in [0.25, 0.3) is 11.6 Å². The van der Waals surface area contributed by atoms with Crippen LogP contribution in [0, 0.1) is 0 Å². The second-order valence-corrected chi connectivity index (χ2v) is 2.93. The van der Waals surface area contributed by atoms with E-state index in [0.29, 0.717) is 11.6 Å². The summed E-state index contributed by atoms with van der Waals surface area (Å²) < 4.78 is 3.05. The monoisotopic (exact) mass is 214 g/mol. The fourth-order valence-electron chi connectivity index (χ4n) is 1.22. The lowest BCUT2D eigenvalue weighted by atomic mass is 10.5. The molecular weight excluding hydrogens is 208 g/mol. The summed E-state index contributed by atoms with van der Waals surface area (Å²) in [6.45, 7) is 0. The molecule has 78 valence electrons. The lowest BCUT2D eigenvalue weighted by Gasteiger charge is -2.00. The van der Waals surface area contributed by atoms with Gasteiger partial charge in [0.15, 0.2) is 11.6 Å². The van der Waals surface area contributed by atoms with Crippen LogP contribution in [0.5, 0.6) is 0 Å². The third-order valence-corrected chi connectivity index (χ3v) is 1.94. The summed E-state index contributed by atoms with van der Waals surface area (Å²) in [5.74, 6) is 1.20. The Bertz CT molecular complexity index is 499. The first-order valence-corrected chi connectivity index (χ1v) is 4.47. The Morgan fingerprint density at radius 1 is 0.750 bits per heavy atom. The molecule has 0 radical (unpaired) electrons. The third kappa shape index (κ3) is 1.41. The fourth-order valence-corrected chi connectivity index (χ4v) is 1.22. The summed E-state index contributed by atoms with van der Waals surface area (Å²) in [7, 11) is 0. The average Bonchev–Trinajstić information content (AvgIpc) is 3.03. The van der Waals surface area contributed by atoms with Gasteiger partial charge in [-0.05, 0) is 12.1 Å². The van der Waals surface area contributed by atoms with Crippen LogP contribution in [0.4, 0.5) is 0 Å². The van der Waals surface area contributed by atoms with Crippen molar-refractivity contribution in [2.75, 3.05) is 0 Å². The number of hydrogen-bond donors (Lipinski definition) is 0. The molecule has 0 atom stereocenters. The lowest BCUT2D eigenvalue weighted by molar-refractivity contribution is 0.771. The number of hydrogen-bond acceptors (Lipinski definition) is 6. The number of rotatable bonds is 2. The van der Waals surface area contributed by atoms with Gasteiger partial charge in [0.2, 0.25) is 0 Å². The molecule has 0 aliphatic rings. The molecular formula is C8H6N8. The van der Waals surface area contributed by atoms with Gasteiger partial charge < -0.3 is 0 Å². The van der Waals surface area contributed by atoms with Gasteiger partial charge in [-0.3, -0.25) is 0 Å². The van der Waals surface area contributed by atoms with Gasteiger partial charge in [0.25, 0.3) is 0 Å². The maximum Gasteiger partial charge on any atom is 0.177 e. The van der Waals surface area contributed by atoms with Gasteiger partial charge in [-0.25, -0.2) is 19.3 Å². The minimum Gasteiger partial charge on any atom is -0.223 e. The highest BCUT2D eigenvalue weighted by Crippen LogP contribution is 2.03. The normalized spacial score (nSPS) is 10.5. The molecule has 3 aromatic heterocycles. The van der Waals surface area contributed by atoms with Gasteiger partial charge in [0, 0.05) is 0 Å². The van der Waals surface area contributed by atoms with E-state index < -0.39 is 0 Å². The molecule has 3 heterocycles. The maximum atomic E-state index is 4.00. The first-order valence-electron chi connectivity index (χ1n) is 4.47. The molecule has 16 heavy (non-hydrogen) atoms. The van der Waals surface area contributed by atoms with Crippen molar-refractivity contribution in [2.24, 2.45) is 0 Å². The Kier molecular flexibility index (Phi) is 1.89. The zero-order valence-corrected chi connectivity index (χ0v) is 8.04. The van der Waals surface area contributed by atoms with Gasteiger partial charge in [-0.15, -0.1) is 10.2 Å². The summed E-state index contributed by atoms with van der Waals surface area (Å²) in [6, 6.07) is 3.55. The summed E-state index contributed by atoms with van der Waals surface area (Å²) >= 11 is 0. The highest BCUT2D eigenvalue weighted by atomic mass is 15.4. The van der Waals surface area contributed by atoms with Crippen molar-refractivity contribution in [3.8, 4) is 11.6 Å². The van der Waals surface area contributed by atoms with Crippen LogP contribution in [0.2, 0.25) is 0 Å². The van der Waals surface area contributed by atoms with Gasteiger partial charge >= 0.3 is 0 Å². The molecule has 0 amide bonds. The first-order chi connectivity index (χ1) is 7.93. The molecule has 0 unspecified atom stereocenters. The topological polar surface area (TPSA) is 87.2 Å². The van der Waals surface area contributed by atoms with Gasteiger partial charge in [0.1, 0.15) is 25.3 Å². The van der Waals surface area contributed by atoms with Gasteiger partial charge in [0.05, 0.1) is 0 Å². The Hall–Kier alpha value is -2.64. The molecule has 0 aliphatic heterocycles. The smallest absolute Gasteiger partial charge is 0.177 e. The summed E-state index contributed by atoms with van der Waals surface area (Å²) in [4.78, 5) is 7.65. The van der Waals surface area contributed by atoms with Crippen molar-refractivity contribution < 1.29 is 0 Å². The van der Waals surface area contributed by atoms with Crippen LogP contribution in [-0.2, 0) is 0 Å². The standard InChI is InChI=1S/C8H6N8/c1-2-8(16-6-10-4-12-16)14-13-7(1)15-5-9-3-11-15/h1-6H. The second kappa shape index (κ2) is 3.50. The molecule has 0 saturated carbocycles. The highest BCUT2D eigenvalue weighted by molar-refractivity contribution is 5.25. The summed E-state index contributed by atoms with van der Waals surface area (Å²) in [5.41, 5.74) is 0. The summed E-state index contributed by atoms with van der Waals surface area (Å²) in [6.07, 6.45) is 5.98. The Balaban J connectivity index is 1.97. The van der Waals surface area contributed by atoms with Crippen LogP contribution < -0.4 is 0 Å². The highest BCUT2D eigenvalue weighted by Gasteiger charge is 2.02. The Morgan fingerprint density at radius 3 is 1.56 bits per heavy atom. The Morgan fingerprint density at radius 2 is 1.25 bits per heavy atom. The molecule has 0 N–H and O–H groups in total. The van der Waals surface area contributed by atoms with Crippen molar-refractivity contribution >= 4 is 0 Å². The SMILES string of the molecule is c1ncn(-c2ccc(-n3cncn3)nn2)n1. The van der Waals surface area contributed by atoms with E-state index in [1.807, 2.05) is 0 Å². The van der Waals surface area contributed by atoms with Gasteiger partial charge in [-0.2, -0.15) is 10.2 Å². The minimum absolute atomic E-state index is 0.598.